The Bertz CT molecular complexity index is 469. The highest BCUT2D eigenvalue weighted by atomic mass is 19.4. The monoisotopic (exact) mass is 258 g/mol. The summed E-state index contributed by atoms with van der Waals surface area (Å²) in [6, 6.07) is 2.17. The predicted molar refractivity (Wildman–Crippen MR) is 57.4 cm³/mol. The minimum absolute atomic E-state index is 0.126. The first kappa shape index (κ1) is 12.9. The van der Waals surface area contributed by atoms with Crippen molar-refractivity contribution >= 4 is 0 Å². The number of alkyl halides is 3. The van der Waals surface area contributed by atoms with Gasteiger partial charge in [0.1, 0.15) is 5.54 Å². The fourth-order valence-corrected chi connectivity index (χ4v) is 2.02. The Balaban J connectivity index is 2.18. The molecule has 2 rings (SSSR count). The molecule has 0 bridgehead atoms. The lowest BCUT2D eigenvalue weighted by Gasteiger charge is -2.25. The zero-order valence-corrected chi connectivity index (χ0v) is 9.83. The maximum atomic E-state index is 12.4. The van der Waals surface area contributed by atoms with Crippen LogP contribution in [0.15, 0.2) is 12.4 Å². The van der Waals surface area contributed by atoms with Crippen LogP contribution in [0.3, 0.4) is 0 Å². The number of aromatic nitrogens is 2. The number of hydrogen-bond acceptors (Lipinski definition) is 3. The number of nitrogens with zero attached hydrogens (tertiary/aromatic N) is 3. The van der Waals surface area contributed by atoms with Crippen molar-refractivity contribution in [3.63, 3.8) is 0 Å². The molecular formula is C11H13F3N4. The van der Waals surface area contributed by atoms with E-state index >= 15 is 0 Å². The zero-order chi connectivity index (χ0) is 13.4. The van der Waals surface area contributed by atoms with Crippen molar-refractivity contribution in [2.24, 2.45) is 5.92 Å². The summed E-state index contributed by atoms with van der Waals surface area (Å²) in [4.78, 5) is 0. The molecule has 1 N–H and O–H groups in total. The van der Waals surface area contributed by atoms with E-state index in [0.717, 1.165) is 25.2 Å². The summed E-state index contributed by atoms with van der Waals surface area (Å²) < 4.78 is 38.5. The van der Waals surface area contributed by atoms with Crippen LogP contribution in [0.2, 0.25) is 0 Å². The molecule has 4 nitrogen and oxygen atoms in total. The zero-order valence-electron chi connectivity index (χ0n) is 9.83. The molecule has 0 aliphatic heterocycles. The molecule has 1 unspecified atom stereocenters. The van der Waals surface area contributed by atoms with Gasteiger partial charge in [0, 0.05) is 6.20 Å². The topological polar surface area (TPSA) is 53.6 Å². The molecule has 0 radical (unpaired) electrons. The molecule has 1 aromatic heterocycles. The highest BCUT2D eigenvalue weighted by Crippen LogP contribution is 2.40. The SMILES string of the molecule is CNC(C#N)(Cn1cc(C(F)(F)F)cn1)C1CC1. The highest BCUT2D eigenvalue weighted by Gasteiger charge is 2.45. The molecule has 0 saturated heterocycles. The first-order valence-corrected chi connectivity index (χ1v) is 5.61. The minimum atomic E-state index is -4.40. The van der Waals surface area contributed by atoms with Gasteiger partial charge in [0.25, 0.3) is 0 Å². The number of nitriles is 1. The summed E-state index contributed by atoms with van der Waals surface area (Å²) in [7, 11) is 1.65. The predicted octanol–water partition coefficient (Wildman–Crippen LogP) is 1.79. The van der Waals surface area contributed by atoms with E-state index in [2.05, 4.69) is 16.5 Å². The Morgan fingerprint density at radius 2 is 2.22 bits per heavy atom. The Morgan fingerprint density at radius 3 is 2.61 bits per heavy atom. The molecular weight excluding hydrogens is 245 g/mol. The average Bonchev–Trinajstić information content (AvgIpc) is 3.05. The van der Waals surface area contributed by atoms with Gasteiger partial charge in [0.15, 0.2) is 0 Å². The van der Waals surface area contributed by atoms with Gasteiger partial charge >= 0.3 is 6.18 Å². The van der Waals surface area contributed by atoms with Gasteiger partial charge in [-0.2, -0.15) is 23.5 Å². The molecule has 7 heteroatoms. The van der Waals surface area contributed by atoms with Gasteiger partial charge in [-0.3, -0.25) is 4.68 Å². The van der Waals surface area contributed by atoms with Gasteiger partial charge in [-0.05, 0) is 25.8 Å². The van der Waals surface area contributed by atoms with Crippen molar-refractivity contribution in [1.29, 1.82) is 5.26 Å². The Hall–Kier alpha value is -1.55. The Kier molecular flexibility index (Phi) is 3.07. The van der Waals surface area contributed by atoms with Crippen molar-refractivity contribution in [2.45, 2.75) is 31.1 Å². The molecule has 1 aliphatic rings. The summed E-state index contributed by atoms with van der Waals surface area (Å²) in [5.74, 6) is 0.186. The summed E-state index contributed by atoms with van der Waals surface area (Å²) in [5, 5.41) is 15.8. The maximum Gasteiger partial charge on any atom is 0.419 e. The first-order chi connectivity index (χ1) is 8.41. The molecule has 98 valence electrons. The van der Waals surface area contributed by atoms with Gasteiger partial charge in [-0.25, -0.2) is 0 Å². The molecule has 1 atom stereocenters. The van der Waals surface area contributed by atoms with Crippen LogP contribution in [0.4, 0.5) is 13.2 Å². The lowest BCUT2D eigenvalue weighted by atomic mass is 9.95. The second kappa shape index (κ2) is 4.28. The maximum absolute atomic E-state index is 12.4. The lowest BCUT2D eigenvalue weighted by Crippen LogP contribution is -2.47. The number of likely N-dealkylation sites (N-methyl/N-ethyl adjacent to an activating group) is 1. The van der Waals surface area contributed by atoms with Crippen molar-refractivity contribution in [3.05, 3.63) is 18.0 Å². The summed E-state index contributed by atoms with van der Waals surface area (Å²) in [5.41, 5.74) is -1.62. The van der Waals surface area contributed by atoms with Crippen molar-refractivity contribution in [3.8, 4) is 6.07 Å². The van der Waals surface area contributed by atoms with E-state index in [4.69, 9.17) is 0 Å². The smallest absolute Gasteiger partial charge is 0.301 e. The fraction of sp³-hybridized carbons (Fsp3) is 0.636. The van der Waals surface area contributed by atoms with Crippen LogP contribution < -0.4 is 5.32 Å². The third kappa shape index (κ3) is 2.34. The van der Waals surface area contributed by atoms with E-state index in [0.29, 0.717) is 0 Å². The largest absolute Gasteiger partial charge is 0.419 e. The van der Waals surface area contributed by atoms with Gasteiger partial charge < -0.3 is 5.32 Å². The average molecular weight is 258 g/mol. The lowest BCUT2D eigenvalue weighted by molar-refractivity contribution is -0.137. The number of halogens is 3. The van der Waals surface area contributed by atoms with E-state index in [1.54, 1.807) is 7.05 Å². The molecule has 0 spiro atoms. The second-order valence-corrected chi connectivity index (χ2v) is 4.53. The van der Waals surface area contributed by atoms with Gasteiger partial charge in [0.05, 0.1) is 24.4 Å². The quantitative estimate of drug-likeness (QED) is 0.895. The number of rotatable bonds is 4. The third-order valence-electron chi connectivity index (χ3n) is 3.29. The van der Waals surface area contributed by atoms with Crippen LogP contribution in [0, 0.1) is 17.2 Å². The summed E-state index contributed by atoms with van der Waals surface area (Å²) >= 11 is 0. The molecule has 1 aliphatic carbocycles. The number of hydrogen-bond donors (Lipinski definition) is 1. The van der Waals surface area contributed by atoms with E-state index < -0.39 is 17.3 Å². The first-order valence-electron chi connectivity index (χ1n) is 5.61. The van der Waals surface area contributed by atoms with Crippen molar-refractivity contribution in [2.75, 3.05) is 7.05 Å². The van der Waals surface area contributed by atoms with Gasteiger partial charge in [-0.1, -0.05) is 0 Å². The fourth-order valence-electron chi connectivity index (χ4n) is 2.02. The Morgan fingerprint density at radius 1 is 1.56 bits per heavy atom. The third-order valence-corrected chi connectivity index (χ3v) is 3.29. The van der Waals surface area contributed by atoms with Crippen molar-refractivity contribution < 1.29 is 13.2 Å². The van der Waals surface area contributed by atoms with Crippen LogP contribution in [0.25, 0.3) is 0 Å². The standard InChI is InChI=1S/C11H13F3N4/c1-16-10(6-15,8-2-3-8)7-18-5-9(4-17-18)11(12,13)14/h4-5,8,16H,2-3,7H2,1H3. The van der Waals surface area contributed by atoms with E-state index in [1.165, 1.54) is 4.68 Å². The highest BCUT2D eigenvalue weighted by molar-refractivity contribution is 5.16. The molecule has 1 heterocycles. The van der Waals surface area contributed by atoms with Gasteiger partial charge in [0.2, 0.25) is 0 Å². The van der Waals surface area contributed by atoms with E-state index in [9.17, 15) is 18.4 Å². The Labute approximate surface area is 102 Å². The van der Waals surface area contributed by atoms with E-state index in [1.807, 2.05) is 0 Å². The molecule has 1 aromatic rings. The second-order valence-electron chi connectivity index (χ2n) is 4.53. The molecule has 0 amide bonds. The summed E-state index contributed by atoms with van der Waals surface area (Å²) in [6.45, 7) is 0.126. The molecule has 1 fully saturated rings. The summed E-state index contributed by atoms with van der Waals surface area (Å²) in [6.07, 6.45) is -0.840. The molecule has 0 aromatic carbocycles. The number of nitrogens with one attached hydrogen (secondary N) is 1. The molecule has 18 heavy (non-hydrogen) atoms. The van der Waals surface area contributed by atoms with Crippen molar-refractivity contribution in [1.82, 2.24) is 15.1 Å². The van der Waals surface area contributed by atoms with Crippen LogP contribution in [-0.2, 0) is 12.7 Å². The van der Waals surface area contributed by atoms with Crippen LogP contribution in [0.5, 0.6) is 0 Å². The minimum Gasteiger partial charge on any atom is -0.301 e. The molecule has 1 saturated carbocycles. The van der Waals surface area contributed by atoms with Crippen LogP contribution >= 0.6 is 0 Å². The van der Waals surface area contributed by atoms with E-state index in [-0.39, 0.29) is 12.5 Å². The normalized spacial score (nSPS) is 19.3. The van der Waals surface area contributed by atoms with Crippen LogP contribution in [0.1, 0.15) is 18.4 Å². The van der Waals surface area contributed by atoms with Crippen LogP contribution in [-0.4, -0.2) is 22.4 Å². The van der Waals surface area contributed by atoms with Gasteiger partial charge in [-0.15, -0.1) is 0 Å².